The first-order chi connectivity index (χ1) is 10.7. The number of benzene rings is 3. The topological polar surface area (TPSA) is 9.23 Å². The molecule has 0 fully saturated rings. The Kier molecular flexibility index (Phi) is 3.97. The largest absolute Gasteiger partial charge is 0.497 e. The summed E-state index contributed by atoms with van der Waals surface area (Å²) in [4.78, 5) is 0. The van der Waals surface area contributed by atoms with Crippen molar-refractivity contribution in [3.8, 4) is 5.75 Å². The van der Waals surface area contributed by atoms with Crippen molar-refractivity contribution in [1.29, 1.82) is 0 Å². The number of fused-ring (bicyclic) bond motifs is 1. The maximum absolute atomic E-state index is 5.20. The Bertz CT molecular complexity index is 826. The number of rotatable bonds is 3. The second-order valence-electron chi connectivity index (χ2n) is 5.67. The van der Waals surface area contributed by atoms with Gasteiger partial charge in [-0.05, 0) is 59.5 Å². The van der Waals surface area contributed by atoms with E-state index in [4.69, 9.17) is 4.74 Å². The Morgan fingerprint density at radius 2 is 1.55 bits per heavy atom. The van der Waals surface area contributed by atoms with Crippen molar-refractivity contribution < 1.29 is 4.74 Å². The number of methoxy groups -OCH3 is 1. The van der Waals surface area contributed by atoms with Crippen molar-refractivity contribution in [3.05, 3.63) is 77.4 Å². The van der Waals surface area contributed by atoms with Crippen molar-refractivity contribution in [2.45, 2.75) is 13.8 Å². The predicted molar refractivity (Wildman–Crippen MR) is 95.2 cm³/mol. The average molecular weight is 288 g/mol. The summed E-state index contributed by atoms with van der Waals surface area (Å²) >= 11 is 0. The van der Waals surface area contributed by atoms with Gasteiger partial charge in [-0.3, -0.25) is 0 Å². The fourth-order valence-corrected chi connectivity index (χ4v) is 2.64. The molecule has 0 saturated heterocycles. The van der Waals surface area contributed by atoms with E-state index in [1.807, 2.05) is 12.1 Å². The predicted octanol–water partition coefficient (Wildman–Crippen LogP) is 5.72. The maximum atomic E-state index is 5.20. The van der Waals surface area contributed by atoms with Crippen LogP contribution in [0.1, 0.15) is 23.6 Å². The van der Waals surface area contributed by atoms with Crippen LogP contribution in [-0.2, 0) is 0 Å². The van der Waals surface area contributed by atoms with Gasteiger partial charge in [-0.25, -0.2) is 0 Å². The zero-order valence-corrected chi connectivity index (χ0v) is 13.3. The van der Waals surface area contributed by atoms with Crippen LogP contribution in [0.15, 0.2) is 60.7 Å². The molecule has 0 aliphatic carbocycles. The highest BCUT2D eigenvalue weighted by Crippen LogP contribution is 2.24. The first-order valence-electron chi connectivity index (χ1n) is 7.49. The van der Waals surface area contributed by atoms with Crippen LogP contribution < -0.4 is 4.74 Å². The van der Waals surface area contributed by atoms with Gasteiger partial charge in [-0.15, -0.1) is 0 Å². The number of hydrogen-bond acceptors (Lipinski definition) is 1. The Morgan fingerprint density at radius 3 is 2.27 bits per heavy atom. The molecule has 0 unspecified atom stereocenters. The standard InChI is InChI=1S/C21H20O/c1-15-4-7-20-14-18(8-9-19(20)12-15)16(2)13-17-5-10-21(22-3)11-6-17/h4-14H,1-3H3. The lowest BCUT2D eigenvalue weighted by atomic mass is 9.99. The molecule has 1 nitrogen and oxygen atoms in total. The van der Waals surface area contributed by atoms with Gasteiger partial charge in [-0.2, -0.15) is 0 Å². The van der Waals surface area contributed by atoms with Gasteiger partial charge in [0.15, 0.2) is 0 Å². The minimum absolute atomic E-state index is 0.885. The summed E-state index contributed by atoms with van der Waals surface area (Å²) in [5.41, 5.74) is 4.99. The molecule has 22 heavy (non-hydrogen) atoms. The van der Waals surface area contributed by atoms with E-state index in [9.17, 15) is 0 Å². The number of allylic oxidation sites excluding steroid dienone is 1. The fraction of sp³-hybridized carbons (Fsp3) is 0.143. The van der Waals surface area contributed by atoms with E-state index < -0.39 is 0 Å². The Hall–Kier alpha value is -2.54. The van der Waals surface area contributed by atoms with E-state index in [2.05, 4.69) is 68.5 Å². The van der Waals surface area contributed by atoms with Gasteiger partial charge in [0.1, 0.15) is 5.75 Å². The summed E-state index contributed by atoms with van der Waals surface area (Å²) in [5, 5.41) is 2.58. The van der Waals surface area contributed by atoms with E-state index in [1.54, 1.807) is 7.11 Å². The van der Waals surface area contributed by atoms with Crippen LogP contribution in [0.25, 0.3) is 22.4 Å². The zero-order chi connectivity index (χ0) is 15.5. The minimum Gasteiger partial charge on any atom is -0.497 e. The molecule has 3 rings (SSSR count). The third kappa shape index (κ3) is 3.04. The quantitative estimate of drug-likeness (QED) is 0.560. The number of hydrogen-bond donors (Lipinski definition) is 0. The monoisotopic (exact) mass is 288 g/mol. The van der Waals surface area contributed by atoms with E-state index >= 15 is 0 Å². The van der Waals surface area contributed by atoms with Crippen molar-refractivity contribution in [1.82, 2.24) is 0 Å². The van der Waals surface area contributed by atoms with Crippen molar-refractivity contribution >= 4 is 22.4 Å². The summed E-state index contributed by atoms with van der Waals surface area (Å²) in [6.45, 7) is 4.28. The van der Waals surface area contributed by atoms with Crippen LogP contribution >= 0.6 is 0 Å². The molecule has 0 heterocycles. The molecule has 0 radical (unpaired) electrons. The van der Waals surface area contributed by atoms with E-state index in [-0.39, 0.29) is 0 Å². The molecule has 0 atom stereocenters. The number of aryl methyl sites for hydroxylation is 1. The van der Waals surface area contributed by atoms with Crippen LogP contribution in [0.2, 0.25) is 0 Å². The van der Waals surface area contributed by atoms with Crippen LogP contribution in [0.3, 0.4) is 0 Å². The zero-order valence-electron chi connectivity index (χ0n) is 13.3. The molecular formula is C21H20O. The highest BCUT2D eigenvalue weighted by Gasteiger charge is 2.00. The lowest BCUT2D eigenvalue weighted by Crippen LogP contribution is -1.84. The van der Waals surface area contributed by atoms with Gasteiger partial charge in [0.2, 0.25) is 0 Å². The molecule has 1 heteroatoms. The van der Waals surface area contributed by atoms with Gasteiger partial charge in [0, 0.05) is 0 Å². The van der Waals surface area contributed by atoms with E-state index in [0.29, 0.717) is 0 Å². The first kappa shape index (κ1) is 14.4. The first-order valence-corrected chi connectivity index (χ1v) is 7.49. The lowest BCUT2D eigenvalue weighted by Gasteiger charge is -2.06. The molecule has 0 aliphatic heterocycles. The smallest absolute Gasteiger partial charge is 0.118 e. The van der Waals surface area contributed by atoms with Crippen LogP contribution in [-0.4, -0.2) is 7.11 Å². The molecule has 0 N–H and O–H groups in total. The van der Waals surface area contributed by atoms with Gasteiger partial charge < -0.3 is 4.74 Å². The molecular weight excluding hydrogens is 268 g/mol. The summed E-state index contributed by atoms with van der Waals surface area (Å²) in [5.74, 6) is 0.885. The average Bonchev–Trinajstić information content (AvgIpc) is 2.55. The molecule has 0 aromatic heterocycles. The lowest BCUT2D eigenvalue weighted by molar-refractivity contribution is 0.415. The Balaban J connectivity index is 1.94. The van der Waals surface area contributed by atoms with Gasteiger partial charge in [-0.1, -0.05) is 54.1 Å². The second-order valence-corrected chi connectivity index (χ2v) is 5.67. The Labute approximate surface area is 131 Å². The molecule has 0 amide bonds. The van der Waals surface area contributed by atoms with Gasteiger partial charge in [0.05, 0.1) is 7.11 Å². The Morgan fingerprint density at radius 1 is 0.864 bits per heavy atom. The molecule has 3 aromatic carbocycles. The minimum atomic E-state index is 0.885. The number of ether oxygens (including phenoxy) is 1. The van der Waals surface area contributed by atoms with Crippen molar-refractivity contribution in [2.75, 3.05) is 7.11 Å². The summed E-state index contributed by atoms with van der Waals surface area (Å²) < 4.78 is 5.20. The molecule has 0 bridgehead atoms. The van der Waals surface area contributed by atoms with E-state index in [1.165, 1.54) is 33.0 Å². The van der Waals surface area contributed by atoms with Crippen LogP contribution in [0.5, 0.6) is 5.75 Å². The fourth-order valence-electron chi connectivity index (χ4n) is 2.64. The molecule has 3 aromatic rings. The highest BCUT2D eigenvalue weighted by atomic mass is 16.5. The van der Waals surface area contributed by atoms with Crippen molar-refractivity contribution in [2.24, 2.45) is 0 Å². The molecule has 0 spiro atoms. The van der Waals surface area contributed by atoms with Gasteiger partial charge in [0.25, 0.3) is 0 Å². The SMILES string of the molecule is COc1ccc(C=C(C)c2ccc3cc(C)ccc3c2)cc1. The van der Waals surface area contributed by atoms with Crippen LogP contribution in [0, 0.1) is 6.92 Å². The van der Waals surface area contributed by atoms with Crippen molar-refractivity contribution in [3.63, 3.8) is 0 Å². The molecule has 110 valence electrons. The molecule has 0 saturated carbocycles. The van der Waals surface area contributed by atoms with Crippen LogP contribution in [0.4, 0.5) is 0 Å². The third-order valence-electron chi connectivity index (χ3n) is 3.95. The summed E-state index contributed by atoms with van der Waals surface area (Å²) in [6, 6.07) is 21.3. The normalized spacial score (nSPS) is 11.7. The van der Waals surface area contributed by atoms with Gasteiger partial charge >= 0.3 is 0 Å². The summed E-state index contributed by atoms with van der Waals surface area (Å²) in [6.07, 6.45) is 2.20. The molecule has 0 aliphatic rings. The summed E-state index contributed by atoms with van der Waals surface area (Å²) in [7, 11) is 1.69. The second kappa shape index (κ2) is 6.07. The van der Waals surface area contributed by atoms with E-state index in [0.717, 1.165) is 5.75 Å². The maximum Gasteiger partial charge on any atom is 0.118 e. The highest BCUT2D eigenvalue weighted by molar-refractivity contribution is 5.89. The third-order valence-corrected chi connectivity index (χ3v) is 3.95.